The minimum atomic E-state index is -4.36. The molecule has 1 aliphatic rings. The molecular weight excluding hydrogens is 595 g/mol. The number of carbonyl (C=O) groups is 1. The first-order valence-electron chi connectivity index (χ1n) is 14.1. The highest BCUT2D eigenvalue weighted by Gasteiger charge is 2.54. The molecule has 0 amide bonds. The maximum Gasteiger partial charge on any atom is 0.459 e. The number of nitrogens with two attached hydrogens (primary N) is 1. The summed E-state index contributed by atoms with van der Waals surface area (Å²) < 4.78 is 38.4. The van der Waals surface area contributed by atoms with E-state index in [0.717, 1.165) is 11.8 Å². The molecule has 1 aliphatic heterocycles. The fourth-order valence-electron chi connectivity index (χ4n) is 4.89. The van der Waals surface area contributed by atoms with Gasteiger partial charge >= 0.3 is 13.7 Å². The summed E-state index contributed by atoms with van der Waals surface area (Å²) in [5, 5.41) is 26.4. The highest BCUT2D eigenvalue weighted by atomic mass is 31.2. The van der Waals surface area contributed by atoms with E-state index in [9.17, 15) is 24.4 Å². The molecule has 0 radical (unpaired) electrons. The zero-order valence-corrected chi connectivity index (χ0v) is 25.3. The first kappa shape index (κ1) is 31.6. The third-order valence-corrected chi connectivity index (χ3v) is 8.91. The summed E-state index contributed by atoms with van der Waals surface area (Å²) in [6, 6.07) is 11.4. The Balaban J connectivity index is 1.40. The van der Waals surface area contributed by atoms with Crippen LogP contribution in [0.15, 0.2) is 53.6 Å². The van der Waals surface area contributed by atoms with Gasteiger partial charge in [0.1, 0.15) is 29.6 Å². The van der Waals surface area contributed by atoms with Gasteiger partial charge in [-0.2, -0.15) is 10.1 Å². The third kappa shape index (κ3) is 6.34. The molecule has 2 aromatic carbocycles. The van der Waals surface area contributed by atoms with Gasteiger partial charge in [-0.15, -0.1) is 0 Å². The van der Waals surface area contributed by atoms with E-state index in [1.165, 1.54) is 24.7 Å². The number of aliphatic hydroxyl groups excluding tert-OH is 1. The van der Waals surface area contributed by atoms with E-state index in [2.05, 4.69) is 20.0 Å². The smallest absolute Gasteiger partial charge is 0.459 e. The van der Waals surface area contributed by atoms with E-state index in [-0.39, 0.29) is 29.5 Å². The molecule has 0 saturated carbocycles. The Hall–Kier alpha value is -3.85. The van der Waals surface area contributed by atoms with Gasteiger partial charge in [-0.1, -0.05) is 49.7 Å². The van der Waals surface area contributed by atoms with Crippen molar-refractivity contribution in [2.24, 2.45) is 0 Å². The van der Waals surface area contributed by atoms with Gasteiger partial charge in [0.25, 0.3) is 5.56 Å². The van der Waals surface area contributed by atoms with Crippen LogP contribution in [-0.2, 0) is 23.4 Å². The molecule has 6 atom stereocenters. The van der Waals surface area contributed by atoms with Crippen LogP contribution in [0.1, 0.15) is 39.8 Å². The molecule has 15 nitrogen and oxygen atoms in total. The largest absolute Gasteiger partial charge is 0.465 e. The zero-order chi connectivity index (χ0) is 31.6. The number of carbonyl (C=O) groups excluding carboxylic acids is 1. The average molecular weight is 631 g/mol. The first-order valence-corrected chi connectivity index (χ1v) is 15.6. The molecule has 5 rings (SSSR count). The topological polar surface area (TPSA) is 213 Å². The number of benzene rings is 2. The molecule has 44 heavy (non-hydrogen) atoms. The van der Waals surface area contributed by atoms with Gasteiger partial charge < -0.3 is 29.9 Å². The quantitative estimate of drug-likeness (QED) is 0.0865. The van der Waals surface area contributed by atoms with E-state index < -0.39 is 56.0 Å². The number of aliphatic hydroxyl groups is 2. The Morgan fingerprint density at radius 2 is 2.05 bits per heavy atom. The number of nitrogens with zero attached hydrogens (tertiary/aromatic N) is 3. The molecule has 4 aromatic rings. The lowest BCUT2D eigenvalue weighted by Gasteiger charge is -2.27. The number of ether oxygens (including phenoxy) is 2. The summed E-state index contributed by atoms with van der Waals surface area (Å²) in [6.45, 7) is 4.40. The van der Waals surface area contributed by atoms with Gasteiger partial charge in [-0.05, 0) is 31.7 Å². The van der Waals surface area contributed by atoms with Crippen LogP contribution in [0.3, 0.4) is 0 Å². The Morgan fingerprint density at radius 1 is 1.30 bits per heavy atom. The number of esters is 1. The van der Waals surface area contributed by atoms with Crippen LogP contribution < -0.4 is 20.9 Å². The van der Waals surface area contributed by atoms with Crippen molar-refractivity contribution < 1.29 is 38.1 Å². The number of aromatic nitrogens is 4. The molecule has 236 valence electrons. The monoisotopic (exact) mass is 630 g/mol. The summed E-state index contributed by atoms with van der Waals surface area (Å²) in [5.41, 5.74) is 3.13. The molecule has 1 unspecified atom stereocenters. The van der Waals surface area contributed by atoms with Gasteiger partial charge in [0.15, 0.2) is 17.4 Å². The average Bonchev–Trinajstić information content (AvgIpc) is 3.49. The van der Waals surface area contributed by atoms with Gasteiger partial charge in [-0.3, -0.25) is 23.7 Å². The number of rotatable bonds is 12. The number of nitrogens with one attached hydrogen (secondary N) is 2. The summed E-state index contributed by atoms with van der Waals surface area (Å²) in [5.74, 6) is -0.609. The van der Waals surface area contributed by atoms with Crippen molar-refractivity contribution >= 4 is 41.6 Å². The van der Waals surface area contributed by atoms with E-state index in [4.69, 9.17) is 24.3 Å². The lowest BCUT2D eigenvalue weighted by molar-refractivity contribution is -0.145. The molecular formula is C28H35N6O9P. The van der Waals surface area contributed by atoms with Crippen LogP contribution in [0.5, 0.6) is 5.75 Å². The zero-order valence-electron chi connectivity index (χ0n) is 24.4. The SMILES string of the molecule is CCCCOC(=O)[C@H](C)NP(=O)(OC[C@H]1O[C@@H](n2cnc3c(=O)[nH]c(N)nc32)[C@](C)(O)[C@@H]1O)Oc1cccc2ccccc12. The summed E-state index contributed by atoms with van der Waals surface area (Å²) >= 11 is 0. The molecule has 6 N–H and O–H groups in total. The van der Waals surface area contributed by atoms with Crippen molar-refractivity contribution in [3.8, 4) is 5.75 Å². The maximum absolute atomic E-state index is 14.2. The van der Waals surface area contributed by atoms with Crippen LogP contribution in [-0.4, -0.2) is 72.8 Å². The number of aromatic amines is 1. The highest BCUT2D eigenvalue weighted by molar-refractivity contribution is 7.52. The molecule has 0 spiro atoms. The number of nitrogen functional groups attached to an aromatic ring is 1. The van der Waals surface area contributed by atoms with Crippen LogP contribution in [0.4, 0.5) is 5.95 Å². The van der Waals surface area contributed by atoms with E-state index in [0.29, 0.717) is 11.8 Å². The normalized spacial score (nSPS) is 23.9. The van der Waals surface area contributed by atoms with Gasteiger partial charge in [0.2, 0.25) is 5.95 Å². The third-order valence-electron chi connectivity index (χ3n) is 7.28. The fraction of sp³-hybridized carbons (Fsp3) is 0.429. The standard InChI is InChI=1S/C28H35N6O9P/c1-4-5-13-40-25(37)16(2)33-44(39,43-19-12-8-10-17-9-6-7-11-18(17)19)41-14-20-22(35)28(3,38)26(42-20)34-15-30-21-23(34)31-27(29)32-24(21)36/h6-12,15-16,20,22,26,35,38H,4-5,13-14H2,1-3H3,(H,33,39)(H3,29,31,32,36)/t16-,20+,22+,26+,28+,44?/m0/s1. The molecule has 0 aliphatic carbocycles. The van der Waals surface area contributed by atoms with Crippen molar-refractivity contribution in [2.45, 2.75) is 63.7 Å². The van der Waals surface area contributed by atoms with E-state index >= 15 is 0 Å². The number of unbranched alkanes of at least 4 members (excludes halogenated alkanes) is 1. The van der Waals surface area contributed by atoms with Crippen molar-refractivity contribution in [3.05, 3.63) is 59.1 Å². The lowest BCUT2D eigenvalue weighted by Crippen LogP contribution is -2.44. The van der Waals surface area contributed by atoms with Crippen LogP contribution >= 0.6 is 7.75 Å². The molecule has 1 saturated heterocycles. The van der Waals surface area contributed by atoms with E-state index in [1.807, 2.05) is 25.1 Å². The number of hydrogen-bond acceptors (Lipinski definition) is 12. The second kappa shape index (κ2) is 12.6. The van der Waals surface area contributed by atoms with Gasteiger partial charge in [0, 0.05) is 5.39 Å². The molecule has 2 aromatic heterocycles. The van der Waals surface area contributed by atoms with Crippen molar-refractivity contribution in [3.63, 3.8) is 0 Å². The highest BCUT2D eigenvalue weighted by Crippen LogP contribution is 2.48. The number of fused-ring (bicyclic) bond motifs is 2. The second-order valence-corrected chi connectivity index (χ2v) is 12.4. The van der Waals surface area contributed by atoms with Gasteiger partial charge in [0.05, 0.1) is 19.5 Å². The Bertz CT molecular complexity index is 1750. The number of imidazole rings is 1. The fourth-order valence-corrected chi connectivity index (χ4v) is 6.41. The summed E-state index contributed by atoms with van der Waals surface area (Å²) in [6.07, 6.45) is -1.38. The van der Waals surface area contributed by atoms with Crippen LogP contribution in [0.2, 0.25) is 0 Å². The molecule has 0 bridgehead atoms. The molecule has 3 heterocycles. The predicted octanol–water partition coefficient (Wildman–Crippen LogP) is 2.39. The van der Waals surface area contributed by atoms with E-state index in [1.54, 1.807) is 24.3 Å². The van der Waals surface area contributed by atoms with Gasteiger partial charge in [-0.25, -0.2) is 9.55 Å². The van der Waals surface area contributed by atoms with Crippen LogP contribution in [0, 0.1) is 0 Å². The number of hydrogen-bond donors (Lipinski definition) is 5. The lowest BCUT2D eigenvalue weighted by atomic mass is 9.96. The number of H-pyrrole nitrogens is 1. The Labute approximate surface area is 251 Å². The Morgan fingerprint density at radius 3 is 2.82 bits per heavy atom. The van der Waals surface area contributed by atoms with Crippen molar-refractivity contribution in [2.75, 3.05) is 18.9 Å². The first-order chi connectivity index (χ1) is 20.9. The predicted molar refractivity (Wildman–Crippen MR) is 160 cm³/mol. The molecule has 16 heteroatoms. The minimum absolute atomic E-state index is 0.0207. The Kier molecular flexibility index (Phi) is 9.07. The minimum Gasteiger partial charge on any atom is -0.465 e. The summed E-state index contributed by atoms with van der Waals surface area (Å²) in [7, 11) is -4.36. The maximum atomic E-state index is 14.2. The summed E-state index contributed by atoms with van der Waals surface area (Å²) in [4.78, 5) is 35.3. The van der Waals surface area contributed by atoms with Crippen molar-refractivity contribution in [1.82, 2.24) is 24.6 Å². The second-order valence-electron chi connectivity index (χ2n) is 10.7. The van der Waals surface area contributed by atoms with Crippen molar-refractivity contribution in [1.29, 1.82) is 0 Å². The molecule has 1 fully saturated rings. The number of anilines is 1. The van der Waals surface area contributed by atoms with Crippen LogP contribution in [0.25, 0.3) is 21.9 Å².